The molecule has 0 saturated carbocycles. The van der Waals surface area contributed by atoms with Crippen LogP contribution in [0.1, 0.15) is 18.1 Å². The second kappa shape index (κ2) is 13.0. The number of aryl methyl sites for hydroxylation is 1. The largest absolute Gasteiger partial charge is 0.496 e. The average molecular weight is 657 g/mol. The van der Waals surface area contributed by atoms with E-state index in [1.165, 1.54) is 43.3 Å². The van der Waals surface area contributed by atoms with E-state index < -0.39 is 34.4 Å². The maximum absolute atomic E-state index is 13.9. The number of halogens is 3. The number of hydrogen-bond donors (Lipinski definition) is 1. The van der Waals surface area contributed by atoms with Crippen molar-refractivity contribution in [3.8, 4) is 5.75 Å². The van der Waals surface area contributed by atoms with Gasteiger partial charge in [-0.25, -0.2) is 8.42 Å². The Morgan fingerprint density at radius 1 is 1.05 bits per heavy atom. The van der Waals surface area contributed by atoms with Gasteiger partial charge in [0.1, 0.15) is 18.3 Å². The van der Waals surface area contributed by atoms with Gasteiger partial charge in [0, 0.05) is 23.6 Å². The van der Waals surface area contributed by atoms with Crippen molar-refractivity contribution in [3.63, 3.8) is 0 Å². The van der Waals surface area contributed by atoms with Crippen LogP contribution in [-0.2, 0) is 26.2 Å². The minimum Gasteiger partial charge on any atom is -0.496 e. The van der Waals surface area contributed by atoms with Gasteiger partial charge in [0.25, 0.3) is 10.0 Å². The zero-order chi connectivity index (χ0) is 28.9. The lowest BCUT2D eigenvalue weighted by atomic mass is 10.1. The minimum atomic E-state index is -4.22. The summed E-state index contributed by atoms with van der Waals surface area (Å²) in [4.78, 5) is 27.7. The normalized spacial score (nSPS) is 12.0. The molecule has 0 aliphatic heterocycles. The fraction of sp³-hybridized carbons (Fsp3) is 0.259. The number of nitrogens with zero attached hydrogens (tertiary/aromatic N) is 2. The van der Waals surface area contributed by atoms with Crippen LogP contribution in [0.4, 0.5) is 5.69 Å². The summed E-state index contributed by atoms with van der Waals surface area (Å²) < 4.78 is 34.5. The fourth-order valence-electron chi connectivity index (χ4n) is 3.80. The molecule has 12 heteroatoms. The summed E-state index contributed by atoms with van der Waals surface area (Å²) in [5.41, 5.74) is 1.76. The Bertz CT molecular complexity index is 1470. The Morgan fingerprint density at radius 2 is 1.72 bits per heavy atom. The van der Waals surface area contributed by atoms with Crippen molar-refractivity contribution in [2.24, 2.45) is 0 Å². The molecule has 1 N–H and O–H groups in total. The van der Waals surface area contributed by atoms with Crippen LogP contribution >= 0.6 is 39.1 Å². The maximum Gasteiger partial charge on any atom is 0.264 e. The van der Waals surface area contributed by atoms with Gasteiger partial charge >= 0.3 is 0 Å². The van der Waals surface area contributed by atoms with Crippen molar-refractivity contribution < 1.29 is 22.7 Å². The summed E-state index contributed by atoms with van der Waals surface area (Å²) >= 11 is 15.7. The summed E-state index contributed by atoms with van der Waals surface area (Å²) in [7, 11) is -1.29. The highest BCUT2D eigenvalue weighted by atomic mass is 79.9. The highest BCUT2D eigenvalue weighted by Crippen LogP contribution is 2.31. The molecule has 3 rings (SSSR count). The molecule has 8 nitrogen and oxygen atoms in total. The predicted molar refractivity (Wildman–Crippen MR) is 157 cm³/mol. The first-order chi connectivity index (χ1) is 18.4. The third-order valence-electron chi connectivity index (χ3n) is 6.08. The van der Waals surface area contributed by atoms with Crippen LogP contribution < -0.4 is 14.4 Å². The second-order valence-electron chi connectivity index (χ2n) is 8.69. The summed E-state index contributed by atoms with van der Waals surface area (Å²) in [6.45, 7) is 2.82. The quantitative estimate of drug-likeness (QED) is 0.314. The Hall–Kier alpha value is -2.79. The van der Waals surface area contributed by atoms with Gasteiger partial charge in [-0.05, 0) is 77.8 Å². The van der Waals surface area contributed by atoms with E-state index >= 15 is 0 Å². The van der Waals surface area contributed by atoms with E-state index in [0.29, 0.717) is 25.8 Å². The Kier molecular flexibility index (Phi) is 10.3. The van der Waals surface area contributed by atoms with Crippen LogP contribution in [-0.4, -0.2) is 51.9 Å². The molecule has 0 saturated heterocycles. The molecule has 1 atom stereocenters. The number of hydrogen-bond acceptors (Lipinski definition) is 5. The number of nitrogens with one attached hydrogen (secondary N) is 1. The topological polar surface area (TPSA) is 96.0 Å². The number of ether oxygens (including phenoxy) is 1. The van der Waals surface area contributed by atoms with Crippen molar-refractivity contribution in [1.29, 1.82) is 0 Å². The van der Waals surface area contributed by atoms with Gasteiger partial charge in [-0.3, -0.25) is 13.9 Å². The number of rotatable bonds is 10. The zero-order valence-corrected chi connectivity index (χ0v) is 25.7. The van der Waals surface area contributed by atoms with Crippen molar-refractivity contribution in [1.82, 2.24) is 10.2 Å². The third-order valence-corrected chi connectivity index (χ3v) is 9.06. The SMILES string of the molecule is CNC(=O)C(C)N(Cc1ccc(Cl)cc1Cl)C(=O)CN(c1ccc(C)cc1)S(=O)(=O)c1ccc(OC)c(Br)c1. The van der Waals surface area contributed by atoms with Crippen molar-refractivity contribution >= 4 is 66.7 Å². The molecule has 208 valence electrons. The Labute approximate surface area is 247 Å². The van der Waals surface area contributed by atoms with Gasteiger partial charge in [-0.15, -0.1) is 0 Å². The van der Waals surface area contributed by atoms with Gasteiger partial charge in [0.05, 0.1) is 22.2 Å². The number of carbonyl (C=O) groups is 2. The summed E-state index contributed by atoms with van der Waals surface area (Å²) in [5, 5.41) is 3.27. The average Bonchev–Trinajstić information content (AvgIpc) is 2.90. The molecule has 0 aliphatic carbocycles. The van der Waals surface area contributed by atoms with E-state index in [4.69, 9.17) is 27.9 Å². The lowest BCUT2D eigenvalue weighted by Gasteiger charge is -2.32. The van der Waals surface area contributed by atoms with Crippen LogP contribution in [0, 0.1) is 6.92 Å². The van der Waals surface area contributed by atoms with Crippen molar-refractivity contribution in [3.05, 3.63) is 86.3 Å². The van der Waals surface area contributed by atoms with E-state index in [2.05, 4.69) is 21.2 Å². The van der Waals surface area contributed by atoms with Crippen LogP contribution in [0.5, 0.6) is 5.75 Å². The van der Waals surface area contributed by atoms with Gasteiger partial charge < -0.3 is 15.0 Å². The highest BCUT2D eigenvalue weighted by Gasteiger charge is 2.33. The Morgan fingerprint density at radius 3 is 2.28 bits per heavy atom. The lowest BCUT2D eigenvalue weighted by molar-refractivity contribution is -0.139. The third kappa shape index (κ3) is 7.25. The highest BCUT2D eigenvalue weighted by molar-refractivity contribution is 9.10. The molecule has 39 heavy (non-hydrogen) atoms. The zero-order valence-electron chi connectivity index (χ0n) is 21.7. The number of methoxy groups -OCH3 is 1. The molecule has 0 aromatic heterocycles. The van der Waals surface area contributed by atoms with Gasteiger partial charge in [-0.1, -0.05) is 47.0 Å². The monoisotopic (exact) mass is 655 g/mol. The summed E-state index contributed by atoms with van der Waals surface area (Å²) in [6, 6.07) is 15.0. The van der Waals surface area contributed by atoms with E-state index in [0.717, 1.165) is 9.87 Å². The smallest absolute Gasteiger partial charge is 0.264 e. The summed E-state index contributed by atoms with van der Waals surface area (Å²) in [5.74, 6) is -0.566. The first-order valence-electron chi connectivity index (χ1n) is 11.8. The van der Waals surface area contributed by atoms with Gasteiger partial charge in [0.2, 0.25) is 11.8 Å². The molecule has 3 aromatic rings. The number of sulfonamides is 1. The summed E-state index contributed by atoms with van der Waals surface area (Å²) in [6.07, 6.45) is 0. The number of benzene rings is 3. The van der Waals surface area contributed by atoms with Crippen molar-refractivity contribution in [2.75, 3.05) is 25.0 Å². The van der Waals surface area contributed by atoms with Crippen molar-refractivity contribution in [2.45, 2.75) is 31.3 Å². The molecular weight excluding hydrogens is 629 g/mol. The second-order valence-corrected chi connectivity index (χ2v) is 12.3. The van der Waals surface area contributed by atoms with Crippen LogP contribution in [0.15, 0.2) is 70.0 Å². The predicted octanol–water partition coefficient (Wildman–Crippen LogP) is 5.43. The van der Waals surface area contributed by atoms with E-state index in [-0.39, 0.29) is 17.1 Å². The van der Waals surface area contributed by atoms with Gasteiger partial charge in [-0.2, -0.15) is 0 Å². The molecule has 0 spiro atoms. The minimum absolute atomic E-state index is 0.0424. The molecule has 0 radical (unpaired) electrons. The van der Waals surface area contributed by atoms with Gasteiger partial charge in [0.15, 0.2) is 0 Å². The molecule has 2 amide bonds. The molecule has 3 aromatic carbocycles. The van der Waals surface area contributed by atoms with E-state index in [1.807, 2.05) is 6.92 Å². The number of amides is 2. The maximum atomic E-state index is 13.9. The number of anilines is 1. The standard InChI is InChI=1S/C27H28BrCl2N3O5S/c1-17-5-9-21(10-6-17)33(39(36,37)22-11-12-25(38-4)23(28)14-22)16-26(34)32(18(2)27(35)31-3)15-19-7-8-20(29)13-24(19)30/h5-14,18H,15-16H2,1-4H3,(H,31,35). The first-order valence-corrected chi connectivity index (χ1v) is 14.8. The fourth-order valence-corrected chi connectivity index (χ4v) is 6.40. The number of carbonyl (C=O) groups excluding carboxylic acids is 2. The molecular formula is C27H28BrCl2N3O5S. The molecule has 1 unspecified atom stereocenters. The molecule has 0 bridgehead atoms. The first kappa shape index (κ1) is 30.7. The molecule has 0 heterocycles. The molecule has 0 fully saturated rings. The molecule has 0 aliphatic rings. The lowest BCUT2D eigenvalue weighted by Crippen LogP contribution is -2.50. The van der Waals surface area contributed by atoms with Crippen LogP contribution in [0.25, 0.3) is 0 Å². The van der Waals surface area contributed by atoms with Crippen LogP contribution in [0.3, 0.4) is 0 Å². The van der Waals surface area contributed by atoms with E-state index in [9.17, 15) is 18.0 Å². The van der Waals surface area contributed by atoms with Crippen LogP contribution in [0.2, 0.25) is 10.0 Å². The number of likely N-dealkylation sites (N-methyl/N-ethyl adjacent to an activating group) is 1. The van der Waals surface area contributed by atoms with E-state index in [1.54, 1.807) is 43.3 Å². The Balaban J connectivity index is 2.07.